The number of rotatable bonds is 7. The Morgan fingerprint density at radius 2 is 2.14 bits per heavy atom. The summed E-state index contributed by atoms with van der Waals surface area (Å²) in [6.07, 6.45) is 4.40. The van der Waals surface area contributed by atoms with Crippen molar-refractivity contribution in [3.8, 4) is 5.75 Å². The van der Waals surface area contributed by atoms with Crippen LogP contribution in [0.4, 0.5) is 4.39 Å². The van der Waals surface area contributed by atoms with Crippen molar-refractivity contribution in [1.29, 1.82) is 0 Å². The Kier molecular flexibility index (Phi) is 5.37. The normalized spacial score (nSPS) is 21.0. The molecule has 2 aromatic rings. The van der Waals surface area contributed by atoms with E-state index in [-0.39, 0.29) is 16.6 Å². The van der Waals surface area contributed by atoms with E-state index in [9.17, 15) is 12.8 Å². The third-order valence-corrected chi connectivity index (χ3v) is 7.07. The van der Waals surface area contributed by atoms with Gasteiger partial charge in [0, 0.05) is 25.4 Å². The first kappa shape index (κ1) is 19.3. The Hall–Kier alpha value is -2.00. The van der Waals surface area contributed by atoms with E-state index in [1.165, 1.54) is 16.4 Å². The first-order valence-electron chi connectivity index (χ1n) is 9.72. The monoisotopic (exact) mass is 409 g/mol. The Bertz CT molecular complexity index is 942. The Morgan fingerprint density at radius 1 is 1.32 bits per heavy atom. The van der Waals surface area contributed by atoms with E-state index < -0.39 is 15.8 Å². The van der Waals surface area contributed by atoms with Crippen molar-refractivity contribution in [3.05, 3.63) is 35.7 Å². The summed E-state index contributed by atoms with van der Waals surface area (Å²) in [6, 6.07) is 3.79. The number of sulfonamides is 1. The molecule has 0 radical (unpaired) electrons. The van der Waals surface area contributed by atoms with Crippen LogP contribution in [0, 0.1) is 11.7 Å². The highest BCUT2D eigenvalue weighted by Gasteiger charge is 2.33. The average Bonchev–Trinajstić information content (AvgIpc) is 3.43. The smallest absolute Gasteiger partial charge is 0.243 e. The highest BCUT2D eigenvalue weighted by atomic mass is 32.2. The van der Waals surface area contributed by atoms with Gasteiger partial charge in [0.05, 0.1) is 11.5 Å². The average molecular weight is 409 g/mol. The van der Waals surface area contributed by atoms with Gasteiger partial charge in [-0.25, -0.2) is 12.8 Å². The van der Waals surface area contributed by atoms with Crippen molar-refractivity contribution in [2.75, 3.05) is 19.7 Å². The molecule has 2 fully saturated rings. The summed E-state index contributed by atoms with van der Waals surface area (Å²) in [5.41, 5.74) is 0. The molecule has 4 rings (SSSR count). The molecule has 1 unspecified atom stereocenters. The number of nitrogens with zero attached hydrogens (tertiary/aromatic N) is 3. The summed E-state index contributed by atoms with van der Waals surface area (Å²) in [6.45, 7) is 2.84. The van der Waals surface area contributed by atoms with Gasteiger partial charge < -0.3 is 9.26 Å². The molecule has 152 valence electrons. The SMILES string of the molecule is CCOc1ccc(S(=O)(=O)N2CCCC(Cc3nc(C4CC4)no3)C2)cc1F. The second-order valence-corrected chi connectivity index (χ2v) is 9.36. The highest BCUT2D eigenvalue weighted by molar-refractivity contribution is 7.89. The zero-order chi connectivity index (χ0) is 19.7. The van der Waals surface area contributed by atoms with Gasteiger partial charge in [0.15, 0.2) is 17.4 Å². The lowest BCUT2D eigenvalue weighted by Crippen LogP contribution is -2.40. The largest absolute Gasteiger partial charge is 0.491 e. The molecule has 9 heteroatoms. The third kappa shape index (κ3) is 4.05. The minimum Gasteiger partial charge on any atom is -0.491 e. The van der Waals surface area contributed by atoms with Gasteiger partial charge in [0.2, 0.25) is 15.9 Å². The molecule has 1 aromatic heterocycles. The first-order chi connectivity index (χ1) is 13.5. The fourth-order valence-corrected chi connectivity index (χ4v) is 5.15. The van der Waals surface area contributed by atoms with Crippen molar-refractivity contribution in [3.63, 3.8) is 0 Å². The van der Waals surface area contributed by atoms with Crippen LogP contribution in [0.1, 0.15) is 50.2 Å². The van der Waals surface area contributed by atoms with Crippen LogP contribution in [-0.2, 0) is 16.4 Å². The van der Waals surface area contributed by atoms with Crippen molar-refractivity contribution in [2.24, 2.45) is 5.92 Å². The first-order valence-corrected chi connectivity index (χ1v) is 11.2. The van der Waals surface area contributed by atoms with Crippen LogP contribution in [0.15, 0.2) is 27.6 Å². The molecule has 0 spiro atoms. The number of hydrogen-bond acceptors (Lipinski definition) is 6. The Morgan fingerprint density at radius 3 is 2.86 bits per heavy atom. The summed E-state index contributed by atoms with van der Waals surface area (Å²) < 4.78 is 52.0. The molecule has 0 amide bonds. The van der Waals surface area contributed by atoms with E-state index >= 15 is 0 Å². The molecule has 1 saturated heterocycles. The molecule has 1 aromatic carbocycles. The lowest BCUT2D eigenvalue weighted by Gasteiger charge is -2.31. The number of hydrogen-bond donors (Lipinski definition) is 0. The van der Waals surface area contributed by atoms with Gasteiger partial charge in [-0.1, -0.05) is 5.16 Å². The lowest BCUT2D eigenvalue weighted by atomic mass is 9.96. The number of benzene rings is 1. The molecule has 0 bridgehead atoms. The van der Waals surface area contributed by atoms with Crippen LogP contribution in [-0.4, -0.2) is 42.6 Å². The van der Waals surface area contributed by atoms with Crippen LogP contribution >= 0.6 is 0 Å². The topological polar surface area (TPSA) is 85.5 Å². The molecule has 1 saturated carbocycles. The molecule has 1 aliphatic carbocycles. The number of aromatic nitrogens is 2. The molecule has 2 heterocycles. The number of ether oxygens (including phenoxy) is 1. The molecule has 1 atom stereocenters. The maximum absolute atomic E-state index is 14.1. The fraction of sp³-hybridized carbons (Fsp3) is 0.579. The van der Waals surface area contributed by atoms with E-state index in [1.807, 2.05) is 0 Å². The van der Waals surface area contributed by atoms with Gasteiger partial charge in [-0.2, -0.15) is 9.29 Å². The van der Waals surface area contributed by atoms with Crippen molar-refractivity contribution in [1.82, 2.24) is 14.4 Å². The van der Waals surface area contributed by atoms with Crippen molar-refractivity contribution >= 4 is 10.0 Å². The number of halogens is 1. The zero-order valence-corrected chi connectivity index (χ0v) is 16.6. The maximum atomic E-state index is 14.1. The van der Waals surface area contributed by atoms with Gasteiger partial charge in [0.1, 0.15) is 0 Å². The summed E-state index contributed by atoms with van der Waals surface area (Å²) in [5.74, 6) is 1.24. The molecule has 7 nitrogen and oxygen atoms in total. The zero-order valence-electron chi connectivity index (χ0n) is 15.8. The van der Waals surface area contributed by atoms with Crippen LogP contribution in [0.3, 0.4) is 0 Å². The minimum atomic E-state index is -3.77. The Labute approximate surface area is 163 Å². The van der Waals surface area contributed by atoms with Crippen molar-refractivity contribution in [2.45, 2.75) is 49.8 Å². The van der Waals surface area contributed by atoms with Gasteiger partial charge in [0.25, 0.3) is 0 Å². The van der Waals surface area contributed by atoms with Crippen LogP contribution in [0.25, 0.3) is 0 Å². The third-order valence-electron chi connectivity index (χ3n) is 5.21. The molecule has 1 aliphatic heterocycles. The van der Waals surface area contributed by atoms with E-state index in [4.69, 9.17) is 9.26 Å². The van der Waals surface area contributed by atoms with Gasteiger partial charge >= 0.3 is 0 Å². The minimum absolute atomic E-state index is 0.0529. The van der Waals surface area contributed by atoms with Gasteiger partial charge in [-0.3, -0.25) is 0 Å². The van der Waals surface area contributed by atoms with Gasteiger partial charge in [-0.15, -0.1) is 0 Å². The van der Waals surface area contributed by atoms with Gasteiger partial charge in [-0.05, 0) is 56.7 Å². The second-order valence-electron chi connectivity index (χ2n) is 7.42. The van der Waals surface area contributed by atoms with E-state index in [0.717, 1.165) is 37.6 Å². The number of piperidine rings is 1. The summed E-state index contributed by atoms with van der Waals surface area (Å²) in [7, 11) is -3.77. The van der Waals surface area contributed by atoms with Crippen LogP contribution < -0.4 is 4.74 Å². The quantitative estimate of drug-likeness (QED) is 0.698. The van der Waals surface area contributed by atoms with E-state index in [0.29, 0.717) is 37.9 Å². The summed E-state index contributed by atoms with van der Waals surface area (Å²) in [5, 5.41) is 4.02. The highest BCUT2D eigenvalue weighted by Crippen LogP contribution is 2.38. The predicted molar refractivity (Wildman–Crippen MR) is 99.0 cm³/mol. The van der Waals surface area contributed by atoms with E-state index in [1.54, 1.807) is 6.92 Å². The maximum Gasteiger partial charge on any atom is 0.243 e. The Balaban J connectivity index is 1.45. The molecular formula is C19H24FN3O4S. The second kappa shape index (κ2) is 7.79. The molecule has 0 N–H and O–H groups in total. The van der Waals surface area contributed by atoms with E-state index in [2.05, 4.69) is 10.1 Å². The molecule has 2 aliphatic rings. The standard InChI is InChI=1S/C19H24FN3O4S/c1-2-26-17-8-7-15(11-16(17)20)28(24,25)23-9-3-4-13(12-23)10-18-21-19(22-27-18)14-5-6-14/h7-8,11,13-14H,2-6,9-10,12H2,1H3. The summed E-state index contributed by atoms with van der Waals surface area (Å²) >= 11 is 0. The molecular weight excluding hydrogens is 385 g/mol. The summed E-state index contributed by atoms with van der Waals surface area (Å²) in [4.78, 5) is 4.39. The predicted octanol–water partition coefficient (Wildman–Crippen LogP) is 3.13. The molecule has 28 heavy (non-hydrogen) atoms. The van der Waals surface area contributed by atoms with Crippen LogP contribution in [0.5, 0.6) is 5.75 Å². The van der Waals surface area contributed by atoms with Crippen LogP contribution in [0.2, 0.25) is 0 Å². The fourth-order valence-electron chi connectivity index (χ4n) is 3.58. The van der Waals surface area contributed by atoms with Crippen molar-refractivity contribution < 1.29 is 22.1 Å². The lowest BCUT2D eigenvalue weighted by molar-refractivity contribution is 0.246.